The molecule has 3 aromatic rings. The van der Waals surface area contributed by atoms with Gasteiger partial charge in [0, 0.05) is 11.0 Å². The van der Waals surface area contributed by atoms with E-state index in [1.54, 1.807) is 48.5 Å². The standard InChI is InChI=1S/C22H18BFO4/c1-28-22-13-7-15(14-20(22)23(26)27)6-12-21(25)19-5-3-2-4-18(19)16-8-10-17(24)11-9-16/h2-14,26-27H,1H3/b12-6+. The van der Waals surface area contributed by atoms with Crippen molar-refractivity contribution in [2.24, 2.45) is 0 Å². The average molecular weight is 376 g/mol. The van der Waals surface area contributed by atoms with E-state index in [2.05, 4.69) is 0 Å². The number of ketones is 1. The quantitative estimate of drug-likeness (QED) is 0.394. The van der Waals surface area contributed by atoms with Gasteiger partial charge in [0.15, 0.2) is 5.78 Å². The van der Waals surface area contributed by atoms with Crippen LogP contribution in [0.3, 0.4) is 0 Å². The van der Waals surface area contributed by atoms with Gasteiger partial charge in [-0.2, -0.15) is 0 Å². The van der Waals surface area contributed by atoms with Gasteiger partial charge >= 0.3 is 7.12 Å². The van der Waals surface area contributed by atoms with Crippen molar-refractivity contribution in [2.45, 2.75) is 0 Å². The minimum atomic E-state index is -1.68. The van der Waals surface area contributed by atoms with Gasteiger partial charge in [0.05, 0.1) is 7.11 Å². The van der Waals surface area contributed by atoms with Gasteiger partial charge < -0.3 is 14.8 Å². The maximum Gasteiger partial charge on any atom is 0.492 e. The molecule has 0 heterocycles. The molecule has 3 rings (SSSR count). The van der Waals surface area contributed by atoms with Crippen molar-refractivity contribution >= 4 is 24.4 Å². The Bertz CT molecular complexity index is 1010. The second-order valence-corrected chi connectivity index (χ2v) is 6.13. The van der Waals surface area contributed by atoms with E-state index >= 15 is 0 Å². The molecule has 0 atom stereocenters. The molecular formula is C22H18BFO4. The van der Waals surface area contributed by atoms with Gasteiger partial charge in [0.2, 0.25) is 0 Å². The summed E-state index contributed by atoms with van der Waals surface area (Å²) < 4.78 is 18.3. The number of carbonyl (C=O) groups excluding carboxylic acids is 1. The van der Waals surface area contributed by atoms with Crippen molar-refractivity contribution in [3.05, 3.63) is 89.8 Å². The van der Waals surface area contributed by atoms with E-state index in [0.717, 1.165) is 5.56 Å². The molecule has 0 bridgehead atoms. The van der Waals surface area contributed by atoms with Gasteiger partial charge in [-0.1, -0.05) is 54.6 Å². The molecule has 2 N–H and O–H groups in total. The Morgan fingerprint density at radius 2 is 1.75 bits per heavy atom. The third-order valence-corrected chi connectivity index (χ3v) is 4.31. The molecular weight excluding hydrogens is 358 g/mol. The predicted molar refractivity (Wildman–Crippen MR) is 108 cm³/mol. The summed E-state index contributed by atoms with van der Waals surface area (Å²) in [6.07, 6.45) is 3.01. The molecule has 3 aromatic carbocycles. The van der Waals surface area contributed by atoms with Gasteiger partial charge in [-0.05, 0) is 41.0 Å². The Morgan fingerprint density at radius 1 is 1.04 bits per heavy atom. The van der Waals surface area contributed by atoms with Crippen LogP contribution in [0.15, 0.2) is 72.8 Å². The first-order valence-electron chi connectivity index (χ1n) is 8.61. The molecule has 0 unspecified atom stereocenters. The summed E-state index contributed by atoms with van der Waals surface area (Å²) in [4.78, 5) is 12.7. The second-order valence-electron chi connectivity index (χ2n) is 6.13. The van der Waals surface area contributed by atoms with Crippen molar-refractivity contribution in [1.82, 2.24) is 0 Å². The van der Waals surface area contributed by atoms with Crippen molar-refractivity contribution < 1.29 is 24.0 Å². The maximum absolute atomic E-state index is 13.2. The molecule has 0 amide bonds. The summed E-state index contributed by atoms with van der Waals surface area (Å²) in [5.74, 6) is -0.212. The lowest BCUT2D eigenvalue weighted by molar-refractivity contribution is 0.104. The molecule has 0 fully saturated rings. The van der Waals surface area contributed by atoms with Crippen LogP contribution in [0, 0.1) is 5.82 Å². The largest absolute Gasteiger partial charge is 0.497 e. The highest BCUT2D eigenvalue weighted by atomic mass is 19.1. The SMILES string of the molecule is COc1ccc(/C=C/C(=O)c2ccccc2-c2ccc(F)cc2)cc1B(O)O. The number of halogens is 1. The lowest BCUT2D eigenvalue weighted by atomic mass is 9.78. The molecule has 4 nitrogen and oxygen atoms in total. The van der Waals surface area contributed by atoms with E-state index < -0.39 is 7.12 Å². The smallest absolute Gasteiger partial charge is 0.492 e. The molecule has 0 aromatic heterocycles. The normalized spacial score (nSPS) is 10.9. The van der Waals surface area contributed by atoms with Gasteiger partial charge in [-0.15, -0.1) is 0 Å². The van der Waals surface area contributed by atoms with Crippen LogP contribution in [-0.2, 0) is 0 Å². The third-order valence-electron chi connectivity index (χ3n) is 4.31. The summed E-state index contributed by atoms with van der Waals surface area (Å²) in [5.41, 5.74) is 2.77. The summed E-state index contributed by atoms with van der Waals surface area (Å²) >= 11 is 0. The molecule has 0 aliphatic carbocycles. The minimum Gasteiger partial charge on any atom is -0.497 e. The van der Waals surface area contributed by atoms with Crippen LogP contribution < -0.4 is 10.2 Å². The third kappa shape index (κ3) is 4.36. The molecule has 0 radical (unpaired) electrons. The van der Waals surface area contributed by atoms with E-state index in [9.17, 15) is 19.2 Å². The van der Waals surface area contributed by atoms with E-state index in [1.165, 1.54) is 25.3 Å². The fourth-order valence-corrected chi connectivity index (χ4v) is 2.90. The van der Waals surface area contributed by atoms with Gasteiger partial charge in [-0.3, -0.25) is 4.79 Å². The lowest BCUT2D eigenvalue weighted by Gasteiger charge is -2.09. The van der Waals surface area contributed by atoms with Crippen molar-refractivity contribution in [1.29, 1.82) is 0 Å². The van der Waals surface area contributed by atoms with Gasteiger partial charge in [0.1, 0.15) is 11.6 Å². The summed E-state index contributed by atoms with van der Waals surface area (Å²) in [7, 11) is -0.245. The van der Waals surface area contributed by atoms with E-state index in [-0.39, 0.29) is 17.1 Å². The summed E-state index contributed by atoms with van der Waals surface area (Å²) in [6, 6.07) is 17.9. The number of ether oxygens (including phenoxy) is 1. The maximum atomic E-state index is 13.2. The first kappa shape index (κ1) is 19.5. The zero-order chi connectivity index (χ0) is 20.1. The van der Waals surface area contributed by atoms with E-state index in [0.29, 0.717) is 22.4 Å². The number of rotatable bonds is 6. The van der Waals surface area contributed by atoms with Crippen LogP contribution >= 0.6 is 0 Å². The van der Waals surface area contributed by atoms with Crippen molar-refractivity contribution in [2.75, 3.05) is 7.11 Å². The molecule has 6 heteroatoms. The highest BCUT2D eigenvalue weighted by Crippen LogP contribution is 2.25. The fourth-order valence-electron chi connectivity index (χ4n) is 2.90. The predicted octanol–water partition coefficient (Wildman–Crippen LogP) is 3.08. The monoisotopic (exact) mass is 376 g/mol. The van der Waals surface area contributed by atoms with E-state index in [4.69, 9.17) is 4.74 Å². The number of benzene rings is 3. The molecule has 0 aliphatic heterocycles. The highest BCUT2D eigenvalue weighted by molar-refractivity contribution is 6.59. The molecule has 140 valence electrons. The number of hydrogen-bond acceptors (Lipinski definition) is 4. The molecule has 0 aliphatic rings. The Kier molecular flexibility index (Phi) is 6.04. The fraction of sp³-hybridized carbons (Fsp3) is 0.0455. The minimum absolute atomic E-state index is 0.212. The number of methoxy groups -OCH3 is 1. The topological polar surface area (TPSA) is 66.8 Å². The Labute approximate surface area is 162 Å². The van der Waals surface area contributed by atoms with Crippen LogP contribution in [0.1, 0.15) is 15.9 Å². The summed E-state index contributed by atoms with van der Waals surface area (Å²) in [5, 5.41) is 18.9. The number of hydrogen-bond donors (Lipinski definition) is 2. The second kappa shape index (κ2) is 8.65. The number of carbonyl (C=O) groups is 1. The van der Waals surface area contributed by atoms with Crippen LogP contribution in [0.25, 0.3) is 17.2 Å². The van der Waals surface area contributed by atoms with Crippen LogP contribution in [-0.4, -0.2) is 30.1 Å². The van der Waals surface area contributed by atoms with Crippen LogP contribution in [0.2, 0.25) is 0 Å². The number of allylic oxidation sites excluding steroid dienone is 1. The van der Waals surface area contributed by atoms with E-state index in [1.807, 2.05) is 12.1 Å². The highest BCUT2D eigenvalue weighted by Gasteiger charge is 2.17. The average Bonchev–Trinajstić information content (AvgIpc) is 2.72. The molecule has 0 spiro atoms. The van der Waals surface area contributed by atoms with Crippen LogP contribution in [0.5, 0.6) is 5.75 Å². The molecule has 0 saturated heterocycles. The van der Waals surface area contributed by atoms with Gasteiger partial charge in [-0.25, -0.2) is 4.39 Å². The van der Waals surface area contributed by atoms with Gasteiger partial charge in [0.25, 0.3) is 0 Å². The Balaban J connectivity index is 1.90. The molecule has 28 heavy (non-hydrogen) atoms. The lowest BCUT2D eigenvalue weighted by Crippen LogP contribution is -2.31. The summed E-state index contributed by atoms with van der Waals surface area (Å²) in [6.45, 7) is 0. The Hall–Kier alpha value is -3.22. The first-order valence-corrected chi connectivity index (χ1v) is 8.61. The molecule has 0 saturated carbocycles. The van der Waals surface area contributed by atoms with Crippen LogP contribution in [0.4, 0.5) is 4.39 Å². The first-order chi connectivity index (χ1) is 13.5. The van der Waals surface area contributed by atoms with Crippen molar-refractivity contribution in [3.8, 4) is 16.9 Å². The zero-order valence-electron chi connectivity index (χ0n) is 15.2. The Morgan fingerprint density at radius 3 is 2.43 bits per heavy atom. The zero-order valence-corrected chi connectivity index (χ0v) is 15.2. The van der Waals surface area contributed by atoms with Crippen molar-refractivity contribution in [3.63, 3.8) is 0 Å².